The molecule has 0 saturated heterocycles. The van der Waals surface area contributed by atoms with Crippen LogP contribution < -0.4 is 4.74 Å². The van der Waals surface area contributed by atoms with Gasteiger partial charge in [-0.15, -0.1) is 11.3 Å². The molecule has 1 heterocycles. The summed E-state index contributed by atoms with van der Waals surface area (Å²) in [6.45, 7) is 11.4. The summed E-state index contributed by atoms with van der Waals surface area (Å²) in [5, 5.41) is 9.85. The lowest BCUT2D eigenvalue weighted by Crippen LogP contribution is -2.04. The number of carboxylic acid groups (broad SMARTS) is 1. The third kappa shape index (κ3) is 4.99. The van der Waals surface area contributed by atoms with Crippen molar-refractivity contribution in [1.29, 1.82) is 0 Å². The van der Waals surface area contributed by atoms with Crippen molar-refractivity contribution < 1.29 is 19.0 Å². The quantitative estimate of drug-likeness (QED) is 0.361. The lowest BCUT2D eigenvalue weighted by molar-refractivity contribution is -0.134. The first kappa shape index (κ1) is 23.0. The van der Waals surface area contributed by atoms with Crippen LogP contribution in [0.1, 0.15) is 68.9 Å². The molecule has 5 heteroatoms. The molecule has 0 bridgehead atoms. The van der Waals surface area contributed by atoms with E-state index in [9.17, 15) is 9.18 Å². The first-order chi connectivity index (χ1) is 14.7. The van der Waals surface area contributed by atoms with Crippen LogP contribution in [0.2, 0.25) is 0 Å². The summed E-state index contributed by atoms with van der Waals surface area (Å²) in [5.74, 6) is -1.16. The van der Waals surface area contributed by atoms with Crippen LogP contribution >= 0.6 is 11.3 Å². The van der Waals surface area contributed by atoms with Gasteiger partial charge in [0.15, 0.2) is 0 Å². The first-order valence-corrected chi connectivity index (χ1v) is 11.5. The van der Waals surface area contributed by atoms with Gasteiger partial charge < -0.3 is 9.84 Å². The molecule has 0 aliphatic rings. The molecule has 0 saturated carbocycles. The van der Waals surface area contributed by atoms with Crippen LogP contribution in [0.25, 0.3) is 27.3 Å². The molecule has 0 radical (unpaired) electrons. The van der Waals surface area contributed by atoms with E-state index in [1.54, 1.807) is 0 Å². The summed E-state index contributed by atoms with van der Waals surface area (Å²) in [7, 11) is 0. The van der Waals surface area contributed by atoms with E-state index in [2.05, 4.69) is 52.8 Å². The van der Waals surface area contributed by atoms with E-state index in [1.807, 2.05) is 18.2 Å². The predicted molar refractivity (Wildman–Crippen MR) is 128 cm³/mol. The summed E-state index contributed by atoms with van der Waals surface area (Å²) >= 11 is 1.38. The van der Waals surface area contributed by atoms with Gasteiger partial charge in [-0.05, 0) is 59.2 Å². The summed E-state index contributed by atoms with van der Waals surface area (Å²) in [6, 6.07) is 12.3. The highest BCUT2D eigenvalue weighted by Gasteiger charge is 2.20. The van der Waals surface area contributed by atoms with Crippen molar-refractivity contribution in [3.63, 3.8) is 0 Å². The number of hydrogen-bond acceptors (Lipinski definition) is 3. The molecule has 0 fully saturated rings. The molecule has 31 heavy (non-hydrogen) atoms. The second-order valence-corrected chi connectivity index (χ2v) is 9.42. The van der Waals surface area contributed by atoms with Crippen molar-refractivity contribution in [2.24, 2.45) is 0 Å². The van der Waals surface area contributed by atoms with Crippen molar-refractivity contribution >= 4 is 33.5 Å². The molecule has 0 aliphatic carbocycles. The summed E-state index contributed by atoms with van der Waals surface area (Å²) < 4.78 is 20.9. The fraction of sp³-hybridized carbons (Fsp3) is 0.346. The standard InChI is InChI=1S/C26H29FO3S/c1-6-10-30-25-20(16(4)5)11-17(15(2)3)12-22(25)19-8-7-9-24-21(19)13-18(31-24)14-23(27)26(28)29/h7-9,11-16H,6,10H2,1-5H3,(H,28,29). The highest BCUT2D eigenvalue weighted by Crippen LogP contribution is 2.43. The van der Waals surface area contributed by atoms with E-state index in [0.717, 1.165) is 39.5 Å². The van der Waals surface area contributed by atoms with Crippen LogP contribution in [-0.2, 0) is 4.79 Å². The Labute approximate surface area is 187 Å². The van der Waals surface area contributed by atoms with Gasteiger partial charge in [0.2, 0.25) is 5.83 Å². The van der Waals surface area contributed by atoms with Crippen molar-refractivity contribution in [3.8, 4) is 16.9 Å². The van der Waals surface area contributed by atoms with E-state index in [1.165, 1.54) is 22.5 Å². The maximum atomic E-state index is 13.7. The molecular formula is C26H29FO3S. The lowest BCUT2D eigenvalue weighted by Gasteiger charge is -2.21. The Morgan fingerprint density at radius 3 is 2.48 bits per heavy atom. The zero-order valence-electron chi connectivity index (χ0n) is 18.7. The maximum Gasteiger partial charge on any atom is 0.364 e. The summed E-state index contributed by atoms with van der Waals surface area (Å²) in [4.78, 5) is 11.5. The normalized spacial score (nSPS) is 12.2. The monoisotopic (exact) mass is 440 g/mol. The lowest BCUT2D eigenvalue weighted by atomic mass is 9.88. The molecule has 1 N–H and O–H groups in total. The SMILES string of the molecule is CCCOc1c(-c2cccc3sc(C=C(F)C(=O)O)cc23)cc(C(C)C)cc1C(C)C. The van der Waals surface area contributed by atoms with E-state index < -0.39 is 11.8 Å². The van der Waals surface area contributed by atoms with Crippen molar-refractivity contribution in [2.75, 3.05) is 6.61 Å². The number of fused-ring (bicyclic) bond motifs is 1. The van der Waals surface area contributed by atoms with Gasteiger partial charge in [0.05, 0.1) is 6.61 Å². The molecule has 0 atom stereocenters. The molecule has 0 amide bonds. The number of benzene rings is 2. The minimum absolute atomic E-state index is 0.300. The Kier molecular flexibility index (Phi) is 7.16. The van der Waals surface area contributed by atoms with Crippen LogP contribution in [-0.4, -0.2) is 17.7 Å². The molecule has 0 spiro atoms. The molecule has 0 aliphatic heterocycles. The van der Waals surface area contributed by atoms with E-state index in [4.69, 9.17) is 9.84 Å². The Bertz CT molecular complexity index is 1130. The van der Waals surface area contributed by atoms with Gasteiger partial charge in [-0.1, -0.05) is 52.8 Å². The number of rotatable bonds is 8. The van der Waals surface area contributed by atoms with Crippen LogP contribution in [0.5, 0.6) is 5.75 Å². The highest BCUT2D eigenvalue weighted by molar-refractivity contribution is 7.20. The van der Waals surface area contributed by atoms with Crippen molar-refractivity contribution in [1.82, 2.24) is 0 Å². The van der Waals surface area contributed by atoms with Crippen LogP contribution in [0.3, 0.4) is 0 Å². The smallest absolute Gasteiger partial charge is 0.364 e. The van der Waals surface area contributed by atoms with E-state index >= 15 is 0 Å². The topological polar surface area (TPSA) is 46.5 Å². The minimum atomic E-state index is -1.56. The van der Waals surface area contributed by atoms with Gasteiger partial charge in [-0.3, -0.25) is 0 Å². The van der Waals surface area contributed by atoms with Gasteiger partial charge in [0.1, 0.15) is 5.75 Å². The first-order valence-electron chi connectivity index (χ1n) is 10.7. The Balaban J connectivity index is 2.28. The average molecular weight is 441 g/mol. The third-order valence-electron chi connectivity index (χ3n) is 5.22. The number of ether oxygens (including phenoxy) is 1. The number of carboxylic acids is 1. The number of halogens is 1. The molecular weight excluding hydrogens is 411 g/mol. The number of carbonyl (C=O) groups is 1. The summed E-state index contributed by atoms with van der Waals surface area (Å²) in [6.07, 6.45) is 1.99. The molecule has 3 rings (SSSR count). The molecule has 1 aromatic heterocycles. The zero-order chi connectivity index (χ0) is 22.7. The fourth-order valence-corrected chi connectivity index (χ4v) is 4.59. The van der Waals surface area contributed by atoms with Gasteiger partial charge in [0, 0.05) is 20.5 Å². The minimum Gasteiger partial charge on any atom is -0.493 e. The van der Waals surface area contributed by atoms with Gasteiger partial charge in [-0.25, -0.2) is 4.79 Å². The predicted octanol–water partition coefficient (Wildman–Crippen LogP) is 8.00. The number of aliphatic carboxylic acids is 1. The molecule has 0 unspecified atom stereocenters. The van der Waals surface area contributed by atoms with Crippen molar-refractivity contribution in [2.45, 2.75) is 52.9 Å². The third-order valence-corrected chi connectivity index (χ3v) is 6.27. The maximum absolute atomic E-state index is 13.7. The van der Waals surface area contributed by atoms with E-state index in [-0.39, 0.29) is 0 Å². The molecule has 2 aromatic carbocycles. The second-order valence-electron chi connectivity index (χ2n) is 8.31. The Morgan fingerprint density at radius 1 is 1.13 bits per heavy atom. The molecule has 3 aromatic rings. The molecule has 3 nitrogen and oxygen atoms in total. The second kappa shape index (κ2) is 9.65. The van der Waals surface area contributed by atoms with Crippen LogP contribution in [0, 0.1) is 0 Å². The number of thiophene rings is 1. The fourth-order valence-electron chi connectivity index (χ4n) is 3.58. The van der Waals surface area contributed by atoms with Gasteiger partial charge in [0.25, 0.3) is 0 Å². The summed E-state index contributed by atoms with van der Waals surface area (Å²) in [5.41, 5.74) is 4.46. The highest BCUT2D eigenvalue weighted by atomic mass is 32.1. The largest absolute Gasteiger partial charge is 0.493 e. The Hall–Kier alpha value is -2.66. The zero-order valence-corrected chi connectivity index (χ0v) is 19.5. The van der Waals surface area contributed by atoms with Gasteiger partial charge >= 0.3 is 5.97 Å². The Morgan fingerprint density at radius 2 is 1.87 bits per heavy atom. The van der Waals surface area contributed by atoms with E-state index in [0.29, 0.717) is 23.3 Å². The van der Waals surface area contributed by atoms with Crippen molar-refractivity contribution in [3.05, 3.63) is 58.2 Å². The van der Waals surface area contributed by atoms with Gasteiger partial charge in [-0.2, -0.15) is 4.39 Å². The van der Waals surface area contributed by atoms with Crippen LogP contribution in [0.15, 0.2) is 42.2 Å². The number of hydrogen-bond donors (Lipinski definition) is 1. The molecule has 164 valence electrons. The average Bonchev–Trinajstić information content (AvgIpc) is 3.13. The van der Waals surface area contributed by atoms with Crippen LogP contribution in [0.4, 0.5) is 4.39 Å².